The first kappa shape index (κ1) is 17.8. The van der Waals surface area contributed by atoms with Gasteiger partial charge in [0.1, 0.15) is 17.1 Å². The summed E-state index contributed by atoms with van der Waals surface area (Å²) in [6, 6.07) is 5.27. The van der Waals surface area contributed by atoms with E-state index in [1.54, 1.807) is 39.3 Å². The standard InChI is InChI=1S/C17H22N2O5/c1-5-23-7-6-18-17(20)15-11(2)19-24-16(15)12-8-13(21-3)10-14(9-12)22-4/h8-10H,5-7H2,1-4H3,(H,18,20). The van der Waals surface area contributed by atoms with Gasteiger partial charge in [-0.3, -0.25) is 4.79 Å². The number of nitrogens with zero attached hydrogens (tertiary/aromatic N) is 1. The average Bonchev–Trinajstić information content (AvgIpc) is 2.99. The van der Waals surface area contributed by atoms with Crippen molar-refractivity contribution in [2.75, 3.05) is 34.0 Å². The number of rotatable bonds is 8. The molecule has 7 heteroatoms. The molecule has 1 aromatic heterocycles. The maximum absolute atomic E-state index is 12.5. The number of aryl methyl sites for hydroxylation is 1. The third-order valence-electron chi connectivity index (χ3n) is 3.44. The van der Waals surface area contributed by atoms with Crippen molar-refractivity contribution >= 4 is 5.91 Å². The van der Waals surface area contributed by atoms with E-state index >= 15 is 0 Å². The highest BCUT2D eigenvalue weighted by Crippen LogP contribution is 2.32. The van der Waals surface area contributed by atoms with E-state index in [-0.39, 0.29) is 5.91 Å². The maximum Gasteiger partial charge on any atom is 0.257 e. The normalized spacial score (nSPS) is 10.5. The molecule has 1 N–H and O–H groups in total. The van der Waals surface area contributed by atoms with Gasteiger partial charge in [-0.2, -0.15) is 0 Å². The molecule has 24 heavy (non-hydrogen) atoms. The molecule has 0 atom stereocenters. The van der Waals surface area contributed by atoms with Crippen LogP contribution in [0.25, 0.3) is 11.3 Å². The number of methoxy groups -OCH3 is 2. The summed E-state index contributed by atoms with van der Waals surface area (Å²) in [5, 5.41) is 6.72. The summed E-state index contributed by atoms with van der Waals surface area (Å²) in [5.41, 5.74) is 1.56. The smallest absolute Gasteiger partial charge is 0.257 e. The Morgan fingerprint density at radius 1 is 1.21 bits per heavy atom. The van der Waals surface area contributed by atoms with Gasteiger partial charge in [0.2, 0.25) is 0 Å². The fraction of sp³-hybridized carbons (Fsp3) is 0.412. The summed E-state index contributed by atoms with van der Waals surface area (Å²) in [6.07, 6.45) is 0. The van der Waals surface area contributed by atoms with Crippen molar-refractivity contribution in [3.8, 4) is 22.8 Å². The van der Waals surface area contributed by atoms with Crippen LogP contribution in [0.2, 0.25) is 0 Å². The van der Waals surface area contributed by atoms with E-state index in [4.69, 9.17) is 18.7 Å². The van der Waals surface area contributed by atoms with Crippen molar-refractivity contribution in [1.29, 1.82) is 0 Å². The van der Waals surface area contributed by atoms with Gasteiger partial charge in [0, 0.05) is 24.8 Å². The fourth-order valence-corrected chi connectivity index (χ4v) is 2.24. The zero-order valence-electron chi connectivity index (χ0n) is 14.3. The van der Waals surface area contributed by atoms with Gasteiger partial charge in [-0.1, -0.05) is 5.16 Å². The van der Waals surface area contributed by atoms with Crippen molar-refractivity contribution in [2.24, 2.45) is 0 Å². The van der Waals surface area contributed by atoms with Crippen LogP contribution in [-0.4, -0.2) is 45.0 Å². The van der Waals surface area contributed by atoms with Crippen molar-refractivity contribution < 1.29 is 23.5 Å². The number of benzene rings is 1. The van der Waals surface area contributed by atoms with E-state index < -0.39 is 0 Å². The first-order valence-corrected chi connectivity index (χ1v) is 7.66. The lowest BCUT2D eigenvalue weighted by atomic mass is 10.1. The monoisotopic (exact) mass is 334 g/mol. The van der Waals surface area contributed by atoms with Crippen molar-refractivity contribution in [2.45, 2.75) is 13.8 Å². The van der Waals surface area contributed by atoms with E-state index in [0.717, 1.165) is 0 Å². The van der Waals surface area contributed by atoms with E-state index in [0.29, 0.717) is 53.8 Å². The van der Waals surface area contributed by atoms with Crippen LogP contribution in [0.15, 0.2) is 22.7 Å². The van der Waals surface area contributed by atoms with Crippen LogP contribution in [0.3, 0.4) is 0 Å². The number of ether oxygens (including phenoxy) is 3. The van der Waals surface area contributed by atoms with Crippen LogP contribution in [0, 0.1) is 6.92 Å². The SMILES string of the molecule is CCOCCNC(=O)c1c(C)noc1-c1cc(OC)cc(OC)c1. The Morgan fingerprint density at radius 2 is 1.88 bits per heavy atom. The second-order valence-electron chi connectivity index (χ2n) is 5.03. The lowest BCUT2D eigenvalue weighted by Crippen LogP contribution is -2.27. The lowest BCUT2D eigenvalue weighted by molar-refractivity contribution is 0.0922. The predicted octanol–water partition coefficient (Wildman–Crippen LogP) is 2.43. The second kappa shape index (κ2) is 8.35. The molecule has 0 fully saturated rings. The van der Waals surface area contributed by atoms with Crippen LogP contribution in [0.5, 0.6) is 11.5 Å². The Kier molecular flexibility index (Phi) is 6.20. The molecule has 0 saturated carbocycles. The number of hydrogen-bond donors (Lipinski definition) is 1. The summed E-state index contributed by atoms with van der Waals surface area (Å²) in [6.45, 7) is 5.10. The Bertz CT molecular complexity index is 674. The van der Waals surface area contributed by atoms with Gasteiger partial charge in [-0.15, -0.1) is 0 Å². The molecule has 0 aliphatic heterocycles. The van der Waals surface area contributed by atoms with E-state index in [2.05, 4.69) is 10.5 Å². The molecule has 7 nitrogen and oxygen atoms in total. The van der Waals surface area contributed by atoms with Gasteiger partial charge in [0.15, 0.2) is 5.76 Å². The second-order valence-corrected chi connectivity index (χ2v) is 5.03. The minimum atomic E-state index is -0.259. The molecule has 1 amide bonds. The molecule has 0 aliphatic carbocycles. The van der Waals surface area contributed by atoms with Crippen LogP contribution in [0.4, 0.5) is 0 Å². The van der Waals surface area contributed by atoms with Crippen molar-refractivity contribution in [3.63, 3.8) is 0 Å². The zero-order chi connectivity index (χ0) is 17.5. The molecule has 0 saturated heterocycles. The minimum absolute atomic E-state index is 0.259. The van der Waals surface area contributed by atoms with E-state index in [9.17, 15) is 4.79 Å². The Morgan fingerprint density at radius 3 is 2.46 bits per heavy atom. The van der Waals surface area contributed by atoms with Crippen LogP contribution in [0.1, 0.15) is 23.0 Å². The van der Waals surface area contributed by atoms with Crippen LogP contribution >= 0.6 is 0 Å². The molecule has 0 bridgehead atoms. The summed E-state index contributed by atoms with van der Waals surface area (Å²) in [7, 11) is 3.12. The Balaban J connectivity index is 2.31. The highest BCUT2D eigenvalue weighted by Gasteiger charge is 2.22. The third-order valence-corrected chi connectivity index (χ3v) is 3.44. The van der Waals surface area contributed by atoms with Gasteiger partial charge in [0.05, 0.1) is 26.5 Å². The fourth-order valence-electron chi connectivity index (χ4n) is 2.24. The van der Waals surface area contributed by atoms with Gasteiger partial charge in [-0.25, -0.2) is 0 Å². The first-order valence-electron chi connectivity index (χ1n) is 7.66. The maximum atomic E-state index is 12.5. The molecule has 0 radical (unpaired) electrons. The molecule has 1 heterocycles. The molecule has 0 unspecified atom stereocenters. The molecule has 2 aromatic rings. The van der Waals surface area contributed by atoms with E-state index in [1.165, 1.54) is 0 Å². The summed E-state index contributed by atoms with van der Waals surface area (Å²) >= 11 is 0. The largest absolute Gasteiger partial charge is 0.497 e. The highest BCUT2D eigenvalue weighted by molar-refractivity contribution is 6.00. The Labute approximate surface area is 140 Å². The summed E-state index contributed by atoms with van der Waals surface area (Å²) < 4.78 is 21.1. The number of aromatic nitrogens is 1. The van der Waals surface area contributed by atoms with Gasteiger partial charge < -0.3 is 24.1 Å². The van der Waals surface area contributed by atoms with Gasteiger partial charge in [-0.05, 0) is 26.0 Å². The molecule has 0 aliphatic rings. The topological polar surface area (TPSA) is 82.8 Å². The minimum Gasteiger partial charge on any atom is -0.497 e. The highest BCUT2D eigenvalue weighted by atomic mass is 16.5. The first-order chi connectivity index (χ1) is 11.6. The summed E-state index contributed by atoms with van der Waals surface area (Å²) in [5.74, 6) is 1.31. The molecule has 0 spiro atoms. The molecular formula is C17H22N2O5. The number of nitrogens with one attached hydrogen (secondary N) is 1. The number of amides is 1. The Hall–Kier alpha value is -2.54. The van der Waals surface area contributed by atoms with Gasteiger partial charge in [0.25, 0.3) is 5.91 Å². The third kappa shape index (κ3) is 4.05. The zero-order valence-corrected chi connectivity index (χ0v) is 14.3. The molecular weight excluding hydrogens is 312 g/mol. The van der Waals surface area contributed by atoms with Crippen molar-refractivity contribution in [1.82, 2.24) is 10.5 Å². The van der Waals surface area contributed by atoms with Crippen molar-refractivity contribution in [3.05, 3.63) is 29.5 Å². The number of carbonyl (C=O) groups excluding carboxylic acids is 1. The molecule has 2 rings (SSSR count). The average molecular weight is 334 g/mol. The summed E-state index contributed by atoms with van der Waals surface area (Å²) in [4.78, 5) is 12.5. The lowest BCUT2D eigenvalue weighted by Gasteiger charge is -2.08. The number of hydrogen-bond acceptors (Lipinski definition) is 6. The number of carbonyl (C=O) groups is 1. The molecule has 130 valence electrons. The van der Waals surface area contributed by atoms with Crippen LogP contribution in [-0.2, 0) is 4.74 Å². The molecule has 1 aromatic carbocycles. The van der Waals surface area contributed by atoms with E-state index in [1.807, 2.05) is 6.92 Å². The quantitative estimate of drug-likeness (QED) is 0.747. The predicted molar refractivity (Wildman–Crippen MR) is 88.6 cm³/mol. The van der Waals surface area contributed by atoms with Crippen LogP contribution < -0.4 is 14.8 Å². The van der Waals surface area contributed by atoms with Gasteiger partial charge >= 0.3 is 0 Å².